The Hall–Kier alpha value is 0.0200. The molecule has 0 saturated heterocycles. The van der Waals surface area contributed by atoms with Crippen LogP contribution in [0.3, 0.4) is 0 Å². The topological polar surface area (TPSA) is 32.9 Å². The van der Waals surface area contributed by atoms with Gasteiger partial charge in [-0.2, -0.15) is 0 Å². The Labute approximate surface area is 95.0 Å². The van der Waals surface area contributed by atoms with Crippen LogP contribution in [0.4, 0.5) is 8.78 Å². The van der Waals surface area contributed by atoms with Gasteiger partial charge in [-0.1, -0.05) is 15.9 Å². The van der Waals surface area contributed by atoms with E-state index in [1.807, 2.05) is 0 Å². The lowest BCUT2D eigenvalue weighted by Gasteiger charge is -2.05. The molecule has 1 N–H and O–H groups in total. The van der Waals surface area contributed by atoms with E-state index in [4.69, 9.17) is 0 Å². The van der Waals surface area contributed by atoms with E-state index >= 15 is 0 Å². The Bertz CT molecular complexity index is 366. The molecule has 0 amide bonds. The molecule has 0 spiro atoms. The largest absolute Gasteiger partial charge is 0.349 e. The standard InChI is InChI=1S/C7H5BrF2INO/c8-2-3-4(13)1-5(11)12-6(3)7(9)10/h1,7H,2H2,(H,12,13). The number of hydrogen-bond acceptors (Lipinski definition) is 1. The molecule has 1 aromatic heterocycles. The van der Waals surface area contributed by atoms with Crippen LogP contribution in [0.1, 0.15) is 17.7 Å². The van der Waals surface area contributed by atoms with E-state index in [-0.39, 0.29) is 22.0 Å². The van der Waals surface area contributed by atoms with E-state index in [1.54, 1.807) is 22.6 Å². The van der Waals surface area contributed by atoms with E-state index in [9.17, 15) is 13.6 Å². The van der Waals surface area contributed by atoms with Crippen molar-refractivity contribution in [1.82, 2.24) is 4.98 Å². The maximum absolute atomic E-state index is 12.4. The number of alkyl halides is 3. The fourth-order valence-corrected chi connectivity index (χ4v) is 2.05. The van der Waals surface area contributed by atoms with Gasteiger partial charge >= 0.3 is 0 Å². The number of rotatable bonds is 2. The molecular formula is C7H5BrF2INO. The van der Waals surface area contributed by atoms with Crippen molar-refractivity contribution in [3.05, 3.63) is 31.2 Å². The van der Waals surface area contributed by atoms with Gasteiger partial charge in [0.2, 0.25) is 0 Å². The lowest BCUT2D eigenvalue weighted by Crippen LogP contribution is -2.13. The van der Waals surface area contributed by atoms with Gasteiger partial charge < -0.3 is 4.98 Å². The zero-order valence-electron chi connectivity index (χ0n) is 6.28. The Kier molecular flexibility index (Phi) is 3.84. The number of aromatic amines is 1. The van der Waals surface area contributed by atoms with Crippen LogP contribution in [0.5, 0.6) is 0 Å². The van der Waals surface area contributed by atoms with Gasteiger partial charge in [0.15, 0.2) is 5.43 Å². The predicted molar refractivity (Wildman–Crippen MR) is 57.4 cm³/mol. The average molecular weight is 364 g/mol. The third-order valence-electron chi connectivity index (χ3n) is 1.49. The predicted octanol–water partition coefficient (Wildman–Crippen LogP) is 2.81. The van der Waals surface area contributed by atoms with Crippen molar-refractivity contribution in [1.29, 1.82) is 0 Å². The minimum absolute atomic E-state index is 0.0930. The number of hydrogen-bond donors (Lipinski definition) is 1. The molecule has 0 atom stereocenters. The molecule has 0 aliphatic heterocycles. The number of nitrogens with one attached hydrogen (secondary N) is 1. The molecule has 1 aromatic rings. The molecular weight excluding hydrogens is 359 g/mol. The van der Waals surface area contributed by atoms with Crippen molar-refractivity contribution in [2.75, 3.05) is 0 Å². The maximum atomic E-state index is 12.4. The van der Waals surface area contributed by atoms with E-state index < -0.39 is 6.43 Å². The van der Waals surface area contributed by atoms with Gasteiger partial charge in [0, 0.05) is 17.0 Å². The van der Waals surface area contributed by atoms with Crippen molar-refractivity contribution >= 4 is 38.5 Å². The van der Waals surface area contributed by atoms with Crippen LogP contribution >= 0.6 is 38.5 Å². The third kappa shape index (κ3) is 2.49. The highest BCUT2D eigenvalue weighted by Crippen LogP contribution is 2.20. The maximum Gasteiger partial charge on any atom is 0.278 e. The molecule has 2 nitrogen and oxygen atoms in total. The number of pyridine rings is 1. The molecule has 1 rings (SSSR count). The van der Waals surface area contributed by atoms with Gasteiger partial charge in [-0.25, -0.2) is 8.78 Å². The Morgan fingerprint density at radius 1 is 1.62 bits per heavy atom. The van der Waals surface area contributed by atoms with Crippen molar-refractivity contribution in [2.24, 2.45) is 0 Å². The Morgan fingerprint density at radius 3 is 2.69 bits per heavy atom. The van der Waals surface area contributed by atoms with Crippen LogP contribution in [0.25, 0.3) is 0 Å². The van der Waals surface area contributed by atoms with Crippen LogP contribution in [-0.2, 0) is 5.33 Å². The molecule has 0 aliphatic rings. The molecule has 0 radical (unpaired) electrons. The first kappa shape index (κ1) is 11.1. The molecule has 0 saturated carbocycles. The normalized spacial score (nSPS) is 10.8. The monoisotopic (exact) mass is 363 g/mol. The zero-order chi connectivity index (χ0) is 10.0. The van der Waals surface area contributed by atoms with E-state index in [0.29, 0.717) is 3.70 Å². The number of aromatic nitrogens is 1. The molecule has 0 unspecified atom stereocenters. The molecule has 72 valence electrons. The average Bonchev–Trinajstić information content (AvgIpc) is 2.02. The highest BCUT2D eigenvalue weighted by molar-refractivity contribution is 14.1. The minimum atomic E-state index is -2.64. The molecule has 0 fully saturated rings. The first-order valence-electron chi connectivity index (χ1n) is 3.32. The Morgan fingerprint density at radius 2 is 2.23 bits per heavy atom. The zero-order valence-corrected chi connectivity index (χ0v) is 10.0. The van der Waals surface area contributed by atoms with Gasteiger partial charge in [0.25, 0.3) is 6.43 Å². The molecule has 6 heteroatoms. The fourth-order valence-electron chi connectivity index (χ4n) is 0.899. The summed E-state index contributed by atoms with van der Waals surface area (Å²) in [5.41, 5.74) is -0.570. The summed E-state index contributed by atoms with van der Waals surface area (Å²) in [6.07, 6.45) is -2.64. The number of H-pyrrole nitrogens is 1. The minimum Gasteiger partial charge on any atom is -0.349 e. The van der Waals surface area contributed by atoms with E-state index in [2.05, 4.69) is 20.9 Å². The highest BCUT2D eigenvalue weighted by atomic mass is 127. The van der Waals surface area contributed by atoms with Crippen LogP contribution in [-0.4, -0.2) is 4.98 Å². The lowest BCUT2D eigenvalue weighted by atomic mass is 10.2. The summed E-state index contributed by atoms with van der Waals surface area (Å²) in [5.74, 6) is 0. The lowest BCUT2D eigenvalue weighted by molar-refractivity contribution is 0.145. The summed E-state index contributed by atoms with van der Waals surface area (Å²) < 4.78 is 25.2. The summed E-state index contributed by atoms with van der Waals surface area (Å²) in [5, 5.41) is 0.138. The molecule has 0 aliphatic carbocycles. The summed E-state index contributed by atoms with van der Waals surface area (Å²) in [6, 6.07) is 1.29. The van der Waals surface area contributed by atoms with Gasteiger partial charge in [0.05, 0.1) is 9.39 Å². The van der Waals surface area contributed by atoms with Crippen molar-refractivity contribution < 1.29 is 8.78 Å². The second-order valence-electron chi connectivity index (χ2n) is 2.31. The first-order valence-corrected chi connectivity index (χ1v) is 5.52. The van der Waals surface area contributed by atoms with Gasteiger partial charge in [-0.3, -0.25) is 4.79 Å². The van der Waals surface area contributed by atoms with Gasteiger partial charge in [-0.15, -0.1) is 0 Å². The highest BCUT2D eigenvalue weighted by Gasteiger charge is 2.16. The van der Waals surface area contributed by atoms with E-state index in [0.717, 1.165) is 0 Å². The summed E-state index contributed by atoms with van der Waals surface area (Å²) in [4.78, 5) is 13.7. The van der Waals surface area contributed by atoms with Crippen molar-refractivity contribution in [2.45, 2.75) is 11.8 Å². The van der Waals surface area contributed by atoms with Crippen LogP contribution in [0.15, 0.2) is 10.9 Å². The van der Waals surface area contributed by atoms with Crippen LogP contribution in [0.2, 0.25) is 0 Å². The summed E-state index contributed by atoms with van der Waals surface area (Å²) >= 11 is 4.79. The van der Waals surface area contributed by atoms with Crippen LogP contribution in [0, 0.1) is 3.70 Å². The second-order valence-corrected chi connectivity index (χ2v) is 4.03. The molecule has 0 aromatic carbocycles. The SMILES string of the molecule is O=c1cc(I)[nH]c(C(F)F)c1CBr. The Balaban J connectivity index is 3.38. The summed E-state index contributed by atoms with van der Waals surface area (Å²) in [7, 11) is 0. The molecule has 0 bridgehead atoms. The second kappa shape index (κ2) is 4.50. The molecule has 13 heavy (non-hydrogen) atoms. The van der Waals surface area contributed by atoms with E-state index in [1.165, 1.54) is 6.07 Å². The first-order chi connectivity index (χ1) is 6.06. The number of halogens is 4. The molecule has 1 heterocycles. The fraction of sp³-hybridized carbons (Fsp3) is 0.286. The smallest absolute Gasteiger partial charge is 0.278 e. The van der Waals surface area contributed by atoms with Crippen molar-refractivity contribution in [3.63, 3.8) is 0 Å². The summed E-state index contributed by atoms with van der Waals surface area (Å²) in [6.45, 7) is 0. The van der Waals surface area contributed by atoms with Gasteiger partial charge in [-0.05, 0) is 22.6 Å². The van der Waals surface area contributed by atoms with Crippen molar-refractivity contribution in [3.8, 4) is 0 Å². The third-order valence-corrected chi connectivity index (χ3v) is 2.63. The quantitative estimate of drug-likeness (QED) is 0.489. The van der Waals surface area contributed by atoms with Crippen LogP contribution < -0.4 is 5.43 Å². The van der Waals surface area contributed by atoms with Gasteiger partial charge in [0.1, 0.15) is 0 Å².